The third-order valence-corrected chi connectivity index (χ3v) is 6.59. The highest BCUT2D eigenvalue weighted by Crippen LogP contribution is 2.24. The van der Waals surface area contributed by atoms with Gasteiger partial charge in [0.2, 0.25) is 10.0 Å². The van der Waals surface area contributed by atoms with Gasteiger partial charge in [-0.1, -0.05) is 19.1 Å². The number of hydrogen-bond acceptors (Lipinski definition) is 6. The fourth-order valence-corrected chi connectivity index (χ4v) is 4.78. The number of amides is 1. The van der Waals surface area contributed by atoms with Gasteiger partial charge >= 0.3 is 0 Å². The summed E-state index contributed by atoms with van der Waals surface area (Å²) in [6.45, 7) is 3.02. The number of sulfonamides is 1. The molecule has 29 heavy (non-hydrogen) atoms. The number of morpholine rings is 1. The van der Waals surface area contributed by atoms with E-state index in [9.17, 15) is 23.3 Å². The zero-order chi connectivity index (χ0) is 21.0. The van der Waals surface area contributed by atoms with Gasteiger partial charge in [-0.3, -0.25) is 14.9 Å². The SMILES string of the molecule is CCc1ccc(C(=O)Nc2cccc([N+](=O)[O-])c2)cc1S(=O)(=O)N1CCOCC1. The van der Waals surface area contributed by atoms with Crippen molar-refractivity contribution in [1.82, 2.24) is 4.31 Å². The number of nitrogens with zero attached hydrogens (tertiary/aromatic N) is 2. The Morgan fingerprint density at radius 1 is 1.21 bits per heavy atom. The minimum absolute atomic E-state index is 0.0913. The van der Waals surface area contributed by atoms with Crippen molar-refractivity contribution >= 4 is 27.3 Å². The minimum Gasteiger partial charge on any atom is -0.379 e. The van der Waals surface area contributed by atoms with E-state index in [4.69, 9.17) is 4.74 Å². The Hall–Kier alpha value is -2.82. The third-order valence-electron chi connectivity index (χ3n) is 4.61. The molecule has 9 nitrogen and oxygen atoms in total. The maximum atomic E-state index is 13.1. The fraction of sp³-hybridized carbons (Fsp3) is 0.316. The number of carbonyl (C=O) groups excluding carboxylic acids is 1. The number of hydrogen-bond donors (Lipinski definition) is 1. The monoisotopic (exact) mass is 419 g/mol. The number of non-ortho nitro benzene ring substituents is 1. The van der Waals surface area contributed by atoms with Crippen LogP contribution in [-0.4, -0.2) is 49.9 Å². The molecule has 0 unspecified atom stereocenters. The summed E-state index contributed by atoms with van der Waals surface area (Å²) < 4.78 is 32.7. The second-order valence-electron chi connectivity index (χ2n) is 6.45. The van der Waals surface area contributed by atoms with E-state index in [1.165, 1.54) is 34.6 Å². The van der Waals surface area contributed by atoms with E-state index in [0.717, 1.165) is 0 Å². The van der Waals surface area contributed by atoms with E-state index in [-0.39, 0.29) is 34.9 Å². The molecule has 0 saturated carbocycles. The molecule has 0 bridgehead atoms. The predicted molar refractivity (Wildman–Crippen MR) is 106 cm³/mol. The number of ether oxygens (including phenoxy) is 1. The molecule has 154 valence electrons. The van der Waals surface area contributed by atoms with Gasteiger partial charge in [0.15, 0.2) is 0 Å². The molecule has 0 spiro atoms. The summed E-state index contributed by atoms with van der Waals surface area (Å²) >= 11 is 0. The first kappa shape index (κ1) is 20.9. The van der Waals surface area contributed by atoms with Crippen molar-refractivity contribution in [3.8, 4) is 0 Å². The van der Waals surface area contributed by atoms with Gasteiger partial charge in [-0.2, -0.15) is 4.31 Å². The third kappa shape index (κ3) is 4.61. The molecule has 1 N–H and O–H groups in total. The molecule has 1 heterocycles. The number of nitrogens with one attached hydrogen (secondary N) is 1. The van der Waals surface area contributed by atoms with E-state index >= 15 is 0 Å². The van der Waals surface area contributed by atoms with Crippen molar-refractivity contribution in [2.24, 2.45) is 0 Å². The summed E-state index contributed by atoms with van der Waals surface area (Å²) in [5.41, 5.74) is 0.866. The van der Waals surface area contributed by atoms with Crippen LogP contribution in [0.1, 0.15) is 22.8 Å². The number of rotatable bonds is 6. The summed E-state index contributed by atoms with van der Waals surface area (Å²) in [7, 11) is -3.77. The van der Waals surface area contributed by atoms with Crippen LogP contribution in [0.25, 0.3) is 0 Å². The molecule has 1 fully saturated rings. The zero-order valence-corrected chi connectivity index (χ0v) is 16.6. The van der Waals surface area contributed by atoms with Crippen molar-refractivity contribution in [3.63, 3.8) is 0 Å². The van der Waals surface area contributed by atoms with Crippen molar-refractivity contribution in [1.29, 1.82) is 0 Å². The van der Waals surface area contributed by atoms with Gasteiger partial charge in [0.1, 0.15) is 0 Å². The number of carbonyl (C=O) groups is 1. The number of benzene rings is 2. The topological polar surface area (TPSA) is 119 Å². The predicted octanol–water partition coefficient (Wildman–Crippen LogP) is 2.43. The Kier molecular flexibility index (Phi) is 6.26. The van der Waals surface area contributed by atoms with E-state index < -0.39 is 20.9 Å². The first-order valence-electron chi connectivity index (χ1n) is 9.09. The molecule has 0 radical (unpaired) electrons. The summed E-state index contributed by atoms with van der Waals surface area (Å²) in [5.74, 6) is -0.549. The summed E-state index contributed by atoms with van der Waals surface area (Å²) in [6, 6.07) is 10.1. The second-order valence-corrected chi connectivity index (χ2v) is 8.36. The zero-order valence-electron chi connectivity index (χ0n) is 15.8. The minimum atomic E-state index is -3.77. The molecular formula is C19H21N3O6S. The van der Waals surface area contributed by atoms with E-state index in [0.29, 0.717) is 25.2 Å². The van der Waals surface area contributed by atoms with Crippen LogP contribution in [0.4, 0.5) is 11.4 Å². The number of nitro benzene ring substituents is 1. The number of nitro groups is 1. The first-order chi connectivity index (χ1) is 13.8. The van der Waals surface area contributed by atoms with E-state index in [1.807, 2.05) is 6.92 Å². The Balaban J connectivity index is 1.91. The first-order valence-corrected chi connectivity index (χ1v) is 10.5. The van der Waals surface area contributed by atoms with Crippen LogP contribution in [0.5, 0.6) is 0 Å². The summed E-state index contributed by atoms with van der Waals surface area (Å²) in [5, 5.41) is 13.5. The lowest BCUT2D eigenvalue weighted by Crippen LogP contribution is -2.41. The molecule has 2 aromatic carbocycles. The van der Waals surface area contributed by atoms with Gasteiger partial charge in [-0.25, -0.2) is 8.42 Å². The van der Waals surface area contributed by atoms with Crippen LogP contribution in [0.2, 0.25) is 0 Å². The highest BCUT2D eigenvalue weighted by atomic mass is 32.2. The largest absolute Gasteiger partial charge is 0.379 e. The maximum absolute atomic E-state index is 13.1. The van der Waals surface area contributed by atoms with Crippen LogP contribution in [0.3, 0.4) is 0 Å². The van der Waals surface area contributed by atoms with Crippen LogP contribution in [0.15, 0.2) is 47.4 Å². The van der Waals surface area contributed by atoms with Crippen molar-refractivity contribution in [2.75, 3.05) is 31.6 Å². The molecule has 0 aliphatic carbocycles. The molecule has 1 aliphatic rings. The molecule has 1 aliphatic heterocycles. The molecule has 10 heteroatoms. The molecule has 0 atom stereocenters. The summed E-state index contributed by atoms with van der Waals surface area (Å²) in [4.78, 5) is 23.1. The van der Waals surface area contributed by atoms with E-state index in [2.05, 4.69) is 5.32 Å². The maximum Gasteiger partial charge on any atom is 0.271 e. The number of aryl methyl sites for hydroxylation is 1. The second kappa shape index (κ2) is 8.68. The Morgan fingerprint density at radius 3 is 2.59 bits per heavy atom. The lowest BCUT2D eigenvalue weighted by Gasteiger charge is -2.27. The fourth-order valence-electron chi connectivity index (χ4n) is 3.05. The van der Waals surface area contributed by atoms with Crippen LogP contribution in [0, 0.1) is 10.1 Å². The molecule has 2 aromatic rings. The number of anilines is 1. The van der Waals surface area contributed by atoms with E-state index in [1.54, 1.807) is 12.1 Å². The molecule has 1 saturated heterocycles. The molecule has 0 aromatic heterocycles. The van der Waals surface area contributed by atoms with Crippen LogP contribution >= 0.6 is 0 Å². The quantitative estimate of drug-likeness (QED) is 0.567. The van der Waals surface area contributed by atoms with Gasteiger partial charge in [0.25, 0.3) is 11.6 Å². The molecule has 1 amide bonds. The van der Waals surface area contributed by atoms with Gasteiger partial charge < -0.3 is 10.1 Å². The van der Waals surface area contributed by atoms with Crippen molar-refractivity contribution in [2.45, 2.75) is 18.2 Å². The van der Waals surface area contributed by atoms with Crippen LogP contribution < -0.4 is 5.32 Å². The standard InChI is InChI=1S/C19H21N3O6S/c1-2-14-6-7-15(12-18(14)29(26,27)21-8-10-28-11-9-21)19(23)20-16-4-3-5-17(13-16)22(24)25/h3-7,12-13H,2,8-11H2,1H3,(H,20,23). The Labute approximate surface area is 168 Å². The highest BCUT2D eigenvalue weighted by molar-refractivity contribution is 7.89. The van der Waals surface area contributed by atoms with Gasteiger partial charge in [-0.05, 0) is 30.2 Å². The lowest BCUT2D eigenvalue weighted by molar-refractivity contribution is -0.384. The normalized spacial score (nSPS) is 15.1. The Morgan fingerprint density at radius 2 is 1.93 bits per heavy atom. The smallest absolute Gasteiger partial charge is 0.271 e. The highest BCUT2D eigenvalue weighted by Gasteiger charge is 2.29. The summed E-state index contributed by atoms with van der Waals surface area (Å²) in [6.07, 6.45) is 0.492. The van der Waals surface area contributed by atoms with Crippen LogP contribution in [-0.2, 0) is 21.2 Å². The molecule has 3 rings (SSSR count). The average molecular weight is 419 g/mol. The van der Waals surface area contributed by atoms with Crippen molar-refractivity contribution < 1.29 is 22.9 Å². The van der Waals surface area contributed by atoms with Gasteiger partial charge in [-0.15, -0.1) is 0 Å². The molecular weight excluding hydrogens is 398 g/mol. The van der Waals surface area contributed by atoms with Crippen molar-refractivity contribution in [3.05, 3.63) is 63.7 Å². The lowest BCUT2D eigenvalue weighted by atomic mass is 10.1. The van der Waals surface area contributed by atoms with Gasteiger partial charge in [0.05, 0.1) is 23.0 Å². The Bertz CT molecular complexity index is 1030. The average Bonchev–Trinajstić information content (AvgIpc) is 2.74. The van der Waals surface area contributed by atoms with Gasteiger partial charge in [0, 0.05) is 36.5 Å².